The fourth-order valence-corrected chi connectivity index (χ4v) is 1.96. The van der Waals surface area contributed by atoms with Gasteiger partial charge in [0.15, 0.2) is 0 Å². The molecule has 2 rings (SSSR count). The first kappa shape index (κ1) is 12.1. The highest BCUT2D eigenvalue weighted by Gasteiger charge is 2.32. The zero-order valence-electron chi connectivity index (χ0n) is 9.14. The van der Waals surface area contributed by atoms with E-state index in [9.17, 15) is 4.79 Å². The van der Waals surface area contributed by atoms with E-state index >= 15 is 0 Å². The average molecular weight is 299 g/mol. The summed E-state index contributed by atoms with van der Waals surface area (Å²) < 4.78 is 11.6. The third-order valence-corrected chi connectivity index (χ3v) is 2.89. The van der Waals surface area contributed by atoms with Crippen LogP contribution in [0.4, 0.5) is 0 Å². The van der Waals surface area contributed by atoms with Gasteiger partial charge in [0.1, 0.15) is 11.3 Å². The molecule has 0 fully saturated rings. The van der Waals surface area contributed by atoms with Crippen molar-refractivity contribution in [3.8, 4) is 5.75 Å². The second-order valence-corrected chi connectivity index (χ2v) is 4.37. The van der Waals surface area contributed by atoms with Crippen LogP contribution in [0, 0.1) is 0 Å². The number of carbonyl (C=O) groups excluding carboxylic acids is 1. The van der Waals surface area contributed by atoms with Gasteiger partial charge in [-0.15, -0.1) is 0 Å². The van der Waals surface area contributed by atoms with E-state index < -0.39 is 6.29 Å². The maximum Gasteiger partial charge on any atom is 0.233 e. The van der Waals surface area contributed by atoms with Crippen LogP contribution in [0.1, 0.15) is 17.3 Å². The van der Waals surface area contributed by atoms with E-state index in [1.807, 2.05) is 0 Å². The van der Waals surface area contributed by atoms with Crippen LogP contribution >= 0.6 is 15.9 Å². The molecule has 5 heteroatoms. The highest BCUT2D eigenvalue weighted by atomic mass is 79.9. The maximum absolute atomic E-state index is 12.0. The third-order valence-electron chi connectivity index (χ3n) is 2.40. The number of hydrogen-bond acceptors (Lipinski definition) is 4. The second-order valence-electron chi connectivity index (χ2n) is 3.46. The van der Waals surface area contributed by atoms with Crippen LogP contribution in [-0.2, 0) is 4.74 Å². The Hall–Kier alpha value is -1.33. The predicted octanol–water partition coefficient (Wildman–Crippen LogP) is 2.83. The Morgan fingerprint density at radius 2 is 2.35 bits per heavy atom. The van der Waals surface area contributed by atoms with Gasteiger partial charge in [0.25, 0.3) is 0 Å². The molecule has 1 unspecified atom stereocenters. The molecule has 17 heavy (non-hydrogen) atoms. The lowest BCUT2D eigenvalue weighted by Gasteiger charge is -2.26. The Bertz CT molecular complexity index is 481. The van der Waals surface area contributed by atoms with Crippen LogP contribution in [0.15, 0.2) is 34.5 Å². The van der Waals surface area contributed by atoms with Gasteiger partial charge in [-0.05, 0) is 25.1 Å². The van der Waals surface area contributed by atoms with Crippen molar-refractivity contribution < 1.29 is 19.4 Å². The number of aliphatic hydroxyl groups excluding tert-OH is 1. The molecule has 0 radical (unpaired) electrons. The van der Waals surface area contributed by atoms with E-state index in [1.165, 1.54) is 0 Å². The quantitative estimate of drug-likeness (QED) is 0.674. The summed E-state index contributed by atoms with van der Waals surface area (Å²) in [5, 5.41) is 9.09. The van der Waals surface area contributed by atoms with Gasteiger partial charge in [0, 0.05) is 11.1 Å². The van der Waals surface area contributed by atoms with Crippen molar-refractivity contribution in [1.82, 2.24) is 0 Å². The number of ether oxygens (including phenoxy) is 2. The van der Waals surface area contributed by atoms with E-state index in [1.54, 1.807) is 25.1 Å². The summed E-state index contributed by atoms with van der Waals surface area (Å²) in [6, 6.07) is 5.09. The number of hydrogen-bond donors (Lipinski definition) is 1. The first-order valence-corrected chi connectivity index (χ1v) is 5.93. The molecule has 0 spiro atoms. The first-order chi connectivity index (χ1) is 8.17. The highest BCUT2D eigenvalue weighted by molar-refractivity contribution is 9.10. The molecule has 0 aromatic heterocycles. The molecule has 4 nitrogen and oxygen atoms in total. The van der Waals surface area contributed by atoms with Gasteiger partial charge in [-0.1, -0.05) is 15.9 Å². The minimum atomic E-state index is -0.848. The Morgan fingerprint density at radius 1 is 1.59 bits per heavy atom. The van der Waals surface area contributed by atoms with Gasteiger partial charge in [-0.3, -0.25) is 4.79 Å². The van der Waals surface area contributed by atoms with E-state index in [4.69, 9.17) is 14.6 Å². The number of carbonyl (C=O) groups is 1. The summed E-state index contributed by atoms with van der Waals surface area (Å²) in [5.41, 5.74) is 0.533. The number of aliphatic hydroxyl groups is 1. The van der Waals surface area contributed by atoms with Crippen molar-refractivity contribution in [2.75, 3.05) is 6.61 Å². The minimum Gasteiger partial charge on any atom is -0.515 e. The molecule has 0 aliphatic carbocycles. The third kappa shape index (κ3) is 2.21. The summed E-state index contributed by atoms with van der Waals surface area (Å²) >= 11 is 3.31. The number of fused-ring (bicyclic) bond motifs is 1. The summed E-state index contributed by atoms with van der Waals surface area (Å²) in [6.07, 6.45) is -0.104. The van der Waals surface area contributed by atoms with E-state index in [-0.39, 0.29) is 11.4 Å². The monoisotopic (exact) mass is 298 g/mol. The maximum atomic E-state index is 12.0. The van der Waals surface area contributed by atoms with Crippen molar-refractivity contribution in [3.05, 3.63) is 40.1 Å². The van der Waals surface area contributed by atoms with Gasteiger partial charge >= 0.3 is 0 Å². The SMILES string of the molecule is CCOC1Oc2cc(Br)ccc2C(=O)/C1=C\O. The molecule has 1 aliphatic rings. The highest BCUT2D eigenvalue weighted by Crippen LogP contribution is 2.33. The molecule has 0 bridgehead atoms. The number of halogens is 1. The van der Waals surface area contributed by atoms with Gasteiger partial charge in [-0.2, -0.15) is 0 Å². The van der Waals surface area contributed by atoms with E-state index in [0.717, 1.165) is 10.7 Å². The van der Waals surface area contributed by atoms with Crippen molar-refractivity contribution >= 4 is 21.7 Å². The van der Waals surface area contributed by atoms with Gasteiger partial charge < -0.3 is 14.6 Å². The fraction of sp³-hybridized carbons (Fsp3) is 0.250. The molecule has 90 valence electrons. The molecule has 1 aromatic carbocycles. The zero-order chi connectivity index (χ0) is 12.4. The smallest absolute Gasteiger partial charge is 0.233 e. The Morgan fingerprint density at radius 3 is 3.00 bits per heavy atom. The van der Waals surface area contributed by atoms with Gasteiger partial charge in [-0.25, -0.2) is 0 Å². The summed E-state index contributed by atoms with van der Waals surface area (Å²) in [5.74, 6) is 0.174. The number of benzene rings is 1. The van der Waals surface area contributed by atoms with Crippen molar-refractivity contribution in [2.24, 2.45) is 0 Å². The Labute approximate surface area is 107 Å². The molecule has 0 saturated carbocycles. The van der Waals surface area contributed by atoms with E-state index in [0.29, 0.717) is 17.9 Å². The average Bonchev–Trinajstić information content (AvgIpc) is 2.29. The molecular weight excluding hydrogens is 288 g/mol. The number of rotatable bonds is 2. The first-order valence-electron chi connectivity index (χ1n) is 5.14. The molecule has 0 saturated heterocycles. The number of Topliss-reactive ketones (excluding diaryl/α,β-unsaturated/α-hetero) is 1. The van der Waals surface area contributed by atoms with Crippen molar-refractivity contribution in [1.29, 1.82) is 0 Å². The molecule has 1 N–H and O–H groups in total. The molecule has 1 heterocycles. The Balaban J connectivity index is 2.45. The van der Waals surface area contributed by atoms with Gasteiger partial charge in [0.2, 0.25) is 12.1 Å². The Kier molecular flexibility index (Phi) is 3.49. The van der Waals surface area contributed by atoms with Crippen LogP contribution in [-0.4, -0.2) is 23.8 Å². The van der Waals surface area contributed by atoms with Crippen LogP contribution in [0.5, 0.6) is 5.75 Å². The van der Waals surface area contributed by atoms with Crippen LogP contribution in [0.2, 0.25) is 0 Å². The molecule has 1 atom stereocenters. The lowest BCUT2D eigenvalue weighted by molar-refractivity contribution is -0.0521. The lowest BCUT2D eigenvalue weighted by atomic mass is 10.0. The van der Waals surface area contributed by atoms with Crippen LogP contribution in [0.3, 0.4) is 0 Å². The van der Waals surface area contributed by atoms with Crippen LogP contribution < -0.4 is 4.74 Å². The molecule has 0 amide bonds. The summed E-state index contributed by atoms with van der Waals surface area (Å²) in [4.78, 5) is 12.0. The minimum absolute atomic E-state index is 0.113. The largest absolute Gasteiger partial charge is 0.515 e. The normalized spacial score (nSPS) is 21.2. The van der Waals surface area contributed by atoms with Crippen LogP contribution in [0.25, 0.3) is 0 Å². The predicted molar refractivity (Wildman–Crippen MR) is 65.2 cm³/mol. The van der Waals surface area contributed by atoms with E-state index in [2.05, 4.69) is 15.9 Å². The lowest BCUT2D eigenvalue weighted by Crippen LogP contribution is -2.32. The van der Waals surface area contributed by atoms with Crippen molar-refractivity contribution in [2.45, 2.75) is 13.2 Å². The molecule has 1 aromatic rings. The summed E-state index contributed by atoms with van der Waals surface area (Å²) in [7, 11) is 0. The zero-order valence-corrected chi connectivity index (χ0v) is 10.7. The van der Waals surface area contributed by atoms with Crippen molar-refractivity contribution in [3.63, 3.8) is 0 Å². The summed E-state index contributed by atoms with van der Waals surface area (Å²) in [6.45, 7) is 2.18. The molecular formula is C12H11BrO4. The number of ketones is 1. The molecule has 1 aliphatic heterocycles. The second kappa shape index (κ2) is 4.89. The fourth-order valence-electron chi connectivity index (χ4n) is 1.62. The van der Waals surface area contributed by atoms with Gasteiger partial charge in [0.05, 0.1) is 11.8 Å². The standard InChI is InChI=1S/C12H11BrO4/c1-2-16-12-9(6-14)11(15)8-4-3-7(13)5-10(8)17-12/h3-6,12,14H,2H2,1H3/b9-6+. The topological polar surface area (TPSA) is 55.8 Å².